The van der Waals surface area contributed by atoms with Gasteiger partial charge >= 0.3 is 5.97 Å². The molecule has 0 saturated carbocycles. The number of hydrogen-bond donors (Lipinski definition) is 0. The lowest BCUT2D eigenvalue weighted by Gasteiger charge is -2.24. The maximum Gasteiger partial charge on any atom is 0.333 e. The van der Waals surface area contributed by atoms with Gasteiger partial charge in [-0.05, 0) is 26.3 Å². The largest absolute Gasteiger partial charge is 0.466 e. The first-order valence-corrected chi connectivity index (χ1v) is 6.64. The molecule has 1 atom stereocenters. The minimum absolute atomic E-state index is 0.108. The molecule has 1 rings (SSSR count). The maximum absolute atomic E-state index is 11.9. The zero-order chi connectivity index (χ0) is 16.2. The highest BCUT2D eigenvalue weighted by Crippen LogP contribution is 2.33. The number of methoxy groups -OCH3 is 1. The molecule has 4 heteroatoms. The predicted octanol–water partition coefficient (Wildman–Crippen LogP) is 2.60. The van der Waals surface area contributed by atoms with Crippen LogP contribution in [-0.4, -0.2) is 24.6 Å². The van der Waals surface area contributed by atoms with E-state index in [0.29, 0.717) is 5.56 Å². The average Bonchev–Trinajstić information content (AvgIpc) is 2.43. The van der Waals surface area contributed by atoms with Gasteiger partial charge in [0.1, 0.15) is 11.6 Å². The fourth-order valence-electron chi connectivity index (χ4n) is 2.38. The Hall–Kier alpha value is -2.23. The third kappa shape index (κ3) is 3.88. The summed E-state index contributed by atoms with van der Waals surface area (Å²) < 4.78 is 4.69. The molecule has 1 aromatic rings. The van der Waals surface area contributed by atoms with E-state index in [1.54, 1.807) is 12.1 Å². The smallest absolute Gasteiger partial charge is 0.333 e. The van der Waals surface area contributed by atoms with Crippen molar-refractivity contribution in [2.75, 3.05) is 7.11 Å². The normalized spacial score (nSPS) is 11.9. The molecule has 0 aliphatic heterocycles. The van der Waals surface area contributed by atoms with Crippen LogP contribution in [0.2, 0.25) is 0 Å². The molecule has 0 N–H and O–H groups in total. The van der Waals surface area contributed by atoms with Gasteiger partial charge < -0.3 is 4.74 Å². The second-order valence-electron chi connectivity index (χ2n) is 5.10. The average molecular weight is 288 g/mol. The Morgan fingerprint density at radius 1 is 1.05 bits per heavy atom. The number of carbonyl (C=O) groups is 3. The number of ketones is 2. The highest BCUT2D eigenvalue weighted by atomic mass is 16.5. The highest BCUT2D eigenvalue weighted by molar-refractivity contribution is 6.03. The van der Waals surface area contributed by atoms with Gasteiger partial charge in [0.15, 0.2) is 0 Å². The van der Waals surface area contributed by atoms with Crippen LogP contribution in [-0.2, 0) is 19.1 Å². The van der Waals surface area contributed by atoms with Crippen molar-refractivity contribution in [1.29, 1.82) is 0 Å². The Balaban J connectivity index is 3.38. The molecule has 112 valence electrons. The summed E-state index contributed by atoms with van der Waals surface area (Å²) in [6.07, 6.45) is 0. The van der Waals surface area contributed by atoms with Gasteiger partial charge in [-0.1, -0.05) is 36.4 Å². The van der Waals surface area contributed by atoms with E-state index >= 15 is 0 Å². The summed E-state index contributed by atoms with van der Waals surface area (Å²) in [5, 5.41) is 0. The molecule has 0 bridgehead atoms. The number of carbonyl (C=O) groups excluding carboxylic acids is 3. The van der Waals surface area contributed by atoms with Crippen molar-refractivity contribution in [2.45, 2.75) is 26.7 Å². The molecule has 0 amide bonds. The SMILES string of the molecule is C=C(C(=O)OC)C(c1ccc(C)cc1)C(C(C)=O)C(C)=O. The molecule has 1 unspecified atom stereocenters. The van der Waals surface area contributed by atoms with Crippen molar-refractivity contribution in [1.82, 2.24) is 0 Å². The van der Waals surface area contributed by atoms with Gasteiger partial charge in [0.2, 0.25) is 0 Å². The van der Waals surface area contributed by atoms with E-state index in [4.69, 9.17) is 0 Å². The lowest BCUT2D eigenvalue weighted by atomic mass is 9.77. The summed E-state index contributed by atoms with van der Waals surface area (Å²) in [5.74, 6) is -2.84. The second-order valence-corrected chi connectivity index (χ2v) is 5.10. The van der Waals surface area contributed by atoms with Crippen LogP contribution in [0.5, 0.6) is 0 Å². The number of aryl methyl sites for hydroxylation is 1. The fraction of sp³-hybridized carbons (Fsp3) is 0.353. The van der Waals surface area contributed by atoms with Crippen molar-refractivity contribution in [3.8, 4) is 0 Å². The Morgan fingerprint density at radius 3 is 1.90 bits per heavy atom. The van der Waals surface area contributed by atoms with E-state index in [2.05, 4.69) is 11.3 Å². The van der Waals surface area contributed by atoms with Gasteiger partial charge in [-0.15, -0.1) is 0 Å². The molecule has 1 aromatic carbocycles. The number of ether oxygens (including phenoxy) is 1. The van der Waals surface area contributed by atoms with E-state index in [9.17, 15) is 14.4 Å². The van der Waals surface area contributed by atoms with Crippen molar-refractivity contribution >= 4 is 17.5 Å². The van der Waals surface area contributed by atoms with E-state index in [-0.39, 0.29) is 17.1 Å². The number of rotatable bonds is 6. The van der Waals surface area contributed by atoms with Crippen LogP contribution < -0.4 is 0 Å². The maximum atomic E-state index is 11.9. The number of esters is 1. The second kappa shape index (κ2) is 6.97. The molecule has 4 nitrogen and oxygen atoms in total. The molecule has 0 fully saturated rings. The van der Waals surface area contributed by atoms with Gasteiger partial charge in [-0.2, -0.15) is 0 Å². The van der Waals surface area contributed by atoms with Crippen LogP contribution in [0.4, 0.5) is 0 Å². The molecular weight excluding hydrogens is 268 g/mol. The Kier molecular flexibility index (Phi) is 5.59. The zero-order valence-corrected chi connectivity index (χ0v) is 12.8. The standard InChI is InChI=1S/C17H20O4/c1-10-6-8-14(9-7-10)15(11(2)17(20)21-5)16(12(3)18)13(4)19/h6-9,15-16H,2H2,1,3-5H3. The summed E-state index contributed by atoms with van der Waals surface area (Å²) in [6.45, 7) is 8.35. The van der Waals surface area contributed by atoms with Crippen LogP contribution in [0.25, 0.3) is 0 Å². The van der Waals surface area contributed by atoms with Gasteiger partial charge in [0.05, 0.1) is 13.0 Å². The van der Waals surface area contributed by atoms with Crippen molar-refractivity contribution < 1.29 is 19.1 Å². The quantitative estimate of drug-likeness (QED) is 0.458. The van der Waals surface area contributed by atoms with Gasteiger partial charge in [-0.3, -0.25) is 9.59 Å². The molecule has 0 saturated heterocycles. The van der Waals surface area contributed by atoms with Gasteiger partial charge in [-0.25, -0.2) is 4.79 Å². The van der Waals surface area contributed by atoms with E-state index in [0.717, 1.165) is 5.56 Å². The summed E-state index contributed by atoms with van der Waals surface area (Å²) in [6, 6.07) is 7.33. The molecule has 0 spiro atoms. The fourth-order valence-corrected chi connectivity index (χ4v) is 2.38. The Labute approximate surface area is 124 Å². The van der Waals surface area contributed by atoms with Crippen molar-refractivity contribution in [3.63, 3.8) is 0 Å². The van der Waals surface area contributed by atoms with Crippen LogP contribution in [0.1, 0.15) is 30.9 Å². The molecule has 0 aliphatic rings. The molecule has 21 heavy (non-hydrogen) atoms. The summed E-state index contributed by atoms with van der Waals surface area (Å²) in [4.78, 5) is 35.5. The van der Waals surface area contributed by atoms with E-state index in [1.807, 2.05) is 19.1 Å². The number of hydrogen-bond acceptors (Lipinski definition) is 4. The van der Waals surface area contributed by atoms with E-state index in [1.165, 1.54) is 21.0 Å². The first-order valence-electron chi connectivity index (χ1n) is 6.64. The predicted molar refractivity (Wildman–Crippen MR) is 79.9 cm³/mol. The third-order valence-electron chi connectivity index (χ3n) is 3.47. The Bertz CT molecular complexity index is 555. The van der Waals surface area contributed by atoms with Crippen molar-refractivity contribution in [3.05, 3.63) is 47.5 Å². The summed E-state index contributed by atoms with van der Waals surface area (Å²) >= 11 is 0. The highest BCUT2D eigenvalue weighted by Gasteiger charge is 2.35. The monoisotopic (exact) mass is 288 g/mol. The molecule has 0 aromatic heterocycles. The lowest BCUT2D eigenvalue weighted by Crippen LogP contribution is -2.30. The first kappa shape index (κ1) is 16.8. The minimum Gasteiger partial charge on any atom is -0.466 e. The molecular formula is C17H20O4. The topological polar surface area (TPSA) is 60.4 Å². The zero-order valence-electron chi connectivity index (χ0n) is 12.8. The third-order valence-corrected chi connectivity index (χ3v) is 3.47. The summed E-state index contributed by atoms with van der Waals surface area (Å²) in [7, 11) is 1.25. The van der Waals surface area contributed by atoms with Gasteiger partial charge in [0.25, 0.3) is 0 Å². The van der Waals surface area contributed by atoms with Crippen LogP contribution in [0, 0.1) is 12.8 Å². The molecule has 0 radical (unpaired) electrons. The van der Waals surface area contributed by atoms with Crippen LogP contribution >= 0.6 is 0 Å². The minimum atomic E-state index is -0.931. The molecule has 0 aliphatic carbocycles. The molecule has 0 heterocycles. The number of Topliss-reactive ketones (excluding diaryl/α,β-unsaturated/α-hetero) is 2. The first-order chi connectivity index (χ1) is 9.79. The van der Waals surface area contributed by atoms with E-state index < -0.39 is 17.8 Å². The number of benzene rings is 1. The van der Waals surface area contributed by atoms with Crippen LogP contribution in [0.3, 0.4) is 0 Å². The Morgan fingerprint density at radius 2 is 1.52 bits per heavy atom. The van der Waals surface area contributed by atoms with Gasteiger partial charge in [0, 0.05) is 11.5 Å². The van der Waals surface area contributed by atoms with Crippen LogP contribution in [0.15, 0.2) is 36.4 Å². The lowest BCUT2D eigenvalue weighted by molar-refractivity contribution is -0.136. The van der Waals surface area contributed by atoms with Crippen molar-refractivity contribution in [2.24, 2.45) is 5.92 Å². The summed E-state index contributed by atoms with van der Waals surface area (Å²) in [5.41, 5.74) is 1.85.